The lowest BCUT2D eigenvalue weighted by Gasteiger charge is -2.24. The highest BCUT2D eigenvalue weighted by atomic mass is 35.5. The Morgan fingerprint density at radius 2 is 2.00 bits per heavy atom. The second kappa shape index (κ2) is 7.09. The molecule has 3 heterocycles. The highest BCUT2D eigenvalue weighted by molar-refractivity contribution is 6.27. The number of aromatic nitrogens is 4. The molecule has 0 radical (unpaired) electrons. The van der Waals surface area contributed by atoms with Gasteiger partial charge in [-0.1, -0.05) is 0 Å². The molecule has 1 fully saturated rings. The van der Waals surface area contributed by atoms with Gasteiger partial charge >= 0.3 is 0 Å². The molecule has 2 aromatic heterocycles. The Balaban J connectivity index is 1.92. The van der Waals surface area contributed by atoms with Gasteiger partial charge in [0.2, 0.25) is 11.9 Å². The molecule has 7 nitrogen and oxygen atoms in total. The molecule has 0 bridgehead atoms. The van der Waals surface area contributed by atoms with Gasteiger partial charge in [-0.25, -0.2) is 15.0 Å². The van der Waals surface area contributed by atoms with E-state index < -0.39 is 0 Å². The standard InChI is InChI=1S/C16H19ClN6O/c1-10-8-11(2)21-16(20-10)22-15-14(18-5-6-19-15)12-4-3-7-23(12)13(24)9-17/h5-6,8,12H,3-4,7,9H2,1-2H3,(H,19,20,21,22). The topological polar surface area (TPSA) is 83.9 Å². The van der Waals surface area contributed by atoms with E-state index in [-0.39, 0.29) is 17.8 Å². The van der Waals surface area contributed by atoms with E-state index in [9.17, 15) is 4.79 Å². The fourth-order valence-corrected chi connectivity index (χ4v) is 3.16. The first-order chi connectivity index (χ1) is 11.6. The van der Waals surface area contributed by atoms with Crippen LogP contribution in [0.1, 0.15) is 36.0 Å². The first kappa shape index (κ1) is 16.6. The molecule has 0 aliphatic carbocycles. The first-order valence-electron chi connectivity index (χ1n) is 7.84. The molecule has 1 atom stereocenters. The molecule has 1 aliphatic rings. The van der Waals surface area contributed by atoms with Crippen LogP contribution in [0.2, 0.25) is 0 Å². The highest BCUT2D eigenvalue weighted by Gasteiger charge is 2.32. The summed E-state index contributed by atoms with van der Waals surface area (Å²) in [7, 11) is 0. The molecule has 1 saturated heterocycles. The van der Waals surface area contributed by atoms with Crippen LogP contribution in [-0.4, -0.2) is 43.2 Å². The van der Waals surface area contributed by atoms with Crippen LogP contribution in [0, 0.1) is 13.8 Å². The number of hydrogen-bond acceptors (Lipinski definition) is 6. The lowest BCUT2D eigenvalue weighted by molar-refractivity contribution is -0.129. The number of carbonyl (C=O) groups excluding carboxylic acids is 1. The van der Waals surface area contributed by atoms with E-state index in [2.05, 4.69) is 25.3 Å². The second-order valence-electron chi connectivity index (χ2n) is 5.77. The molecular formula is C16H19ClN6O. The quantitative estimate of drug-likeness (QED) is 0.856. The van der Waals surface area contributed by atoms with Crippen LogP contribution >= 0.6 is 11.6 Å². The predicted molar refractivity (Wildman–Crippen MR) is 91.2 cm³/mol. The van der Waals surface area contributed by atoms with Crippen molar-refractivity contribution in [3.8, 4) is 0 Å². The van der Waals surface area contributed by atoms with E-state index in [1.165, 1.54) is 0 Å². The number of halogens is 1. The Morgan fingerprint density at radius 3 is 2.71 bits per heavy atom. The van der Waals surface area contributed by atoms with Gasteiger partial charge in [0.05, 0.1) is 6.04 Å². The van der Waals surface area contributed by atoms with Crippen LogP contribution in [0.4, 0.5) is 11.8 Å². The second-order valence-corrected chi connectivity index (χ2v) is 6.04. The van der Waals surface area contributed by atoms with Crippen molar-refractivity contribution in [2.45, 2.75) is 32.7 Å². The fourth-order valence-electron chi connectivity index (χ4n) is 3.00. The molecule has 1 unspecified atom stereocenters. The van der Waals surface area contributed by atoms with Crippen molar-refractivity contribution < 1.29 is 4.79 Å². The van der Waals surface area contributed by atoms with Crippen LogP contribution in [0.5, 0.6) is 0 Å². The van der Waals surface area contributed by atoms with Crippen LogP contribution in [0.3, 0.4) is 0 Å². The molecule has 3 rings (SSSR count). The molecule has 0 saturated carbocycles. The zero-order valence-electron chi connectivity index (χ0n) is 13.7. The number of alkyl halides is 1. The monoisotopic (exact) mass is 346 g/mol. The van der Waals surface area contributed by atoms with Gasteiger partial charge in [0.1, 0.15) is 11.6 Å². The number of nitrogens with zero attached hydrogens (tertiary/aromatic N) is 5. The normalized spacial score (nSPS) is 17.1. The van der Waals surface area contributed by atoms with E-state index in [0.717, 1.165) is 29.9 Å². The number of hydrogen-bond donors (Lipinski definition) is 1. The van der Waals surface area contributed by atoms with E-state index in [1.54, 1.807) is 17.3 Å². The maximum absolute atomic E-state index is 12.1. The highest BCUT2D eigenvalue weighted by Crippen LogP contribution is 2.34. The van der Waals surface area contributed by atoms with Crippen molar-refractivity contribution >= 4 is 29.3 Å². The number of rotatable bonds is 4. The fraction of sp³-hybridized carbons (Fsp3) is 0.438. The number of amides is 1. The third-order valence-electron chi connectivity index (χ3n) is 3.94. The van der Waals surface area contributed by atoms with Crippen molar-refractivity contribution in [3.05, 3.63) is 35.5 Å². The summed E-state index contributed by atoms with van der Waals surface area (Å²) < 4.78 is 0. The summed E-state index contributed by atoms with van der Waals surface area (Å²) in [4.78, 5) is 31.4. The Labute approximate surface area is 145 Å². The van der Waals surface area contributed by atoms with Crippen LogP contribution in [0.25, 0.3) is 0 Å². The predicted octanol–water partition coefficient (Wildman–Crippen LogP) is 2.53. The van der Waals surface area contributed by atoms with E-state index >= 15 is 0 Å². The van der Waals surface area contributed by atoms with Gasteiger partial charge < -0.3 is 10.2 Å². The average Bonchev–Trinajstić information content (AvgIpc) is 3.03. The zero-order valence-corrected chi connectivity index (χ0v) is 14.4. The van der Waals surface area contributed by atoms with Crippen molar-refractivity contribution in [2.24, 2.45) is 0 Å². The molecule has 0 spiro atoms. The largest absolute Gasteiger partial charge is 0.333 e. The number of anilines is 2. The van der Waals surface area contributed by atoms with Crippen molar-refractivity contribution in [3.63, 3.8) is 0 Å². The lowest BCUT2D eigenvalue weighted by Crippen LogP contribution is -2.32. The lowest BCUT2D eigenvalue weighted by atomic mass is 10.1. The third-order valence-corrected chi connectivity index (χ3v) is 4.17. The summed E-state index contributed by atoms with van der Waals surface area (Å²) in [6, 6.07) is 1.78. The third kappa shape index (κ3) is 3.46. The summed E-state index contributed by atoms with van der Waals surface area (Å²) in [5.41, 5.74) is 2.46. The molecule has 2 aromatic rings. The first-order valence-corrected chi connectivity index (χ1v) is 8.37. The van der Waals surface area contributed by atoms with Gasteiger partial charge in [0, 0.05) is 30.3 Å². The van der Waals surface area contributed by atoms with Crippen molar-refractivity contribution in [1.82, 2.24) is 24.8 Å². The Kier molecular flexibility index (Phi) is 4.89. The number of aryl methyl sites for hydroxylation is 2. The maximum atomic E-state index is 12.1. The van der Waals surface area contributed by atoms with E-state index in [1.807, 2.05) is 19.9 Å². The summed E-state index contributed by atoms with van der Waals surface area (Å²) in [5, 5.41) is 3.14. The van der Waals surface area contributed by atoms with Gasteiger partial charge in [-0.3, -0.25) is 9.78 Å². The van der Waals surface area contributed by atoms with Crippen LogP contribution in [0.15, 0.2) is 18.5 Å². The molecule has 1 N–H and O–H groups in total. The van der Waals surface area contributed by atoms with Crippen molar-refractivity contribution in [1.29, 1.82) is 0 Å². The van der Waals surface area contributed by atoms with Gasteiger partial charge in [-0.2, -0.15) is 0 Å². The minimum atomic E-state index is -0.127. The minimum Gasteiger partial charge on any atom is -0.333 e. The van der Waals surface area contributed by atoms with Gasteiger partial charge in [-0.15, -0.1) is 11.6 Å². The number of likely N-dealkylation sites (tertiary alicyclic amines) is 1. The van der Waals surface area contributed by atoms with Gasteiger partial charge in [0.15, 0.2) is 5.82 Å². The zero-order chi connectivity index (χ0) is 17.1. The Morgan fingerprint density at radius 1 is 1.29 bits per heavy atom. The SMILES string of the molecule is Cc1cc(C)nc(Nc2nccnc2C2CCCN2C(=O)CCl)n1. The summed E-state index contributed by atoms with van der Waals surface area (Å²) in [6.45, 7) is 4.51. The molecule has 24 heavy (non-hydrogen) atoms. The molecule has 126 valence electrons. The summed E-state index contributed by atoms with van der Waals surface area (Å²) in [6.07, 6.45) is 4.99. The molecule has 1 amide bonds. The van der Waals surface area contributed by atoms with Gasteiger partial charge in [0.25, 0.3) is 0 Å². The van der Waals surface area contributed by atoms with Crippen LogP contribution in [-0.2, 0) is 4.79 Å². The molecule has 8 heteroatoms. The minimum absolute atomic E-state index is 0.0281. The summed E-state index contributed by atoms with van der Waals surface area (Å²) in [5.74, 6) is 0.933. The average molecular weight is 347 g/mol. The van der Waals surface area contributed by atoms with E-state index in [4.69, 9.17) is 11.6 Å². The van der Waals surface area contributed by atoms with Crippen LogP contribution < -0.4 is 5.32 Å². The maximum Gasteiger partial charge on any atom is 0.238 e. The van der Waals surface area contributed by atoms with Crippen molar-refractivity contribution in [2.75, 3.05) is 17.7 Å². The molecule has 1 aliphatic heterocycles. The smallest absolute Gasteiger partial charge is 0.238 e. The Hall–Kier alpha value is -2.28. The molecular weight excluding hydrogens is 328 g/mol. The number of nitrogens with one attached hydrogen (secondary N) is 1. The molecule has 0 aromatic carbocycles. The Bertz CT molecular complexity index is 733. The summed E-state index contributed by atoms with van der Waals surface area (Å²) >= 11 is 5.73. The number of carbonyl (C=O) groups is 1. The van der Waals surface area contributed by atoms with Gasteiger partial charge in [-0.05, 0) is 32.8 Å². The van der Waals surface area contributed by atoms with E-state index in [0.29, 0.717) is 18.3 Å².